The molecule has 4 rings (SSSR count). The van der Waals surface area contributed by atoms with Gasteiger partial charge in [-0.25, -0.2) is 8.42 Å². The van der Waals surface area contributed by atoms with Gasteiger partial charge in [0.1, 0.15) is 0 Å². The molecule has 1 unspecified atom stereocenters. The Labute approximate surface area is 159 Å². The summed E-state index contributed by atoms with van der Waals surface area (Å²) in [5.41, 5.74) is 3.34. The summed E-state index contributed by atoms with van der Waals surface area (Å²) in [6.07, 6.45) is 9.77. The van der Waals surface area contributed by atoms with E-state index in [0.29, 0.717) is 11.3 Å². The van der Waals surface area contributed by atoms with Crippen LogP contribution in [0.1, 0.15) is 11.1 Å². The largest absolute Gasteiger partial charge is 0.758 e. The first-order chi connectivity index (χ1) is 12.9. The van der Waals surface area contributed by atoms with Gasteiger partial charge in [-0.1, -0.05) is 54.1 Å². The summed E-state index contributed by atoms with van der Waals surface area (Å²) in [6, 6.07) is 11.8. The van der Waals surface area contributed by atoms with E-state index < -0.39 is 10.0 Å². The molecule has 138 valence electrons. The molecule has 0 amide bonds. The normalized spacial score (nSPS) is 18.4. The highest BCUT2D eigenvalue weighted by atomic mass is 32.2. The van der Waals surface area contributed by atoms with Crippen molar-refractivity contribution in [3.05, 3.63) is 88.7 Å². The third-order valence-corrected chi connectivity index (χ3v) is 6.13. The molecule has 0 bridgehead atoms. The number of fused-ring (bicyclic) bond motifs is 2. The van der Waals surface area contributed by atoms with Crippen LogP contribution in [0, 0.1) is 18.0 Å². The van der Waals surface area contributed by atoms with E-state index >= 15 is 0 Å². The molecule has 0 saturated heterocycles. The highest BCUT2D eigenvalue weighted by Crippen LogP contribution is 2.38. The second-order valence-electron chi connectivity index (χ2n) is 6.72. The Morgan fingerprint density at radius 1 is 1.11 bits per heavy atom. The Morgan fingerprint density at radius 3 is 2.67 bits per heavy atom. The number of nitrogens with zero attached hydrogens (tertiary/aromatic N) is 1. The summed E-state index contributed by atoms with van der Waals surface area (Å²) in [7, 11) is -3.79. The van der Waals surface area contributed by atoms with Crippen LogP contribution in [0.2, 0.25) is 0 Å². The lowest BCUT2D eigenvalue weighted by atomic mass is 9.94. The minimum absolute atomic E-state index is 0.0125. The van der Waals surface area contributed by atoms with Gasteiger partial charge in [-0.3, -0.25) is 4.72 Å². The minimum Gasteiger partial charge on any atom is -0.758 e. The number of hydroxylamine groups is 1. The highest BCUT2D eigenvalue weighted by Gasteiger charge is 2.22. The number of hydrogen-bond donors (Lipinski definition) is 1. The van der Waals surface area contributed by atoms with Crippen LogP contribution in [0.15, 0.2) is 77.2 Å². The maximum absolute atomic E-state index is 12.8. The van der Waals surface area contributed by atoms with Crippen molar-refractivity contribution in [1.82, 2.24) is 0 Å². The molecular weight excluding hydrogens is 360 g/mol. The molecular formula is C21H19N2O3S-. The number of hydrogen-bond acceptors (Lipinski definition) is 4. The minimum atomic E-state index is -3.79. The predicted octanol–water partition coefficient (Wildman–Crippen LogP) is 4.24. The van der Waals surface area contributed by atoms with Crippen LogP contribution in [-0.2, 0) is 10.0 Å². The van der Waals surface area contributed by atoms with Gasteiger partial charge in [0.05, 0.1) is 16.3 Å². The van der Waals surface area contributed by atoms with E-state index in [-0.39, 0.29) is 23.0 Å². The number of para-hydroxylation sites is 1. The molecule has 1 aliphatic heterocycles. The molecule has 2 aromatic carbocycles. The van der Waals surface area contributed by atoms with E-state index in [2.05, 4.69) is 4.72 Å². The maximum atomic E-state index is 12.8. The van der Waals surface area contributed by atoms with Crippen LogP contribution in [-0.4, -0.2) is 15.0 Å². The van der Waals surface area contributed by atoms with Gasteiger partial charge in [0.2, 0.25) is 0 Å². The molecule has 2 aliphatic rings. The van der Waals surface area contributed by atoms with Gasteiger partial charge in [0.25, 0.3) is 10.0 Å². The fraction of sp³-hybridized carbons (Fsp3) is 0.143. The number of allylic oxidation sites excluding steroid dienone is 3. The Bertz CT molecular complexity index is 1070. The van der Waals surface area contributed by atoms with Crippen LogP contribution in [0.4, 0.5) is 11.4 Å². The Morgan fingerprint density at radius 2 is 1.89 bits per heavy atom. The van der Waals surface area contributed by atoms with Gasteiger partial charge in [-0.2, -0.15) is 0 Å². The van der Waals surface area contributed by atoms with Gasteiger partial charge in [0.15, 0.2) is 0 Å². The Balaban J connectivity index is 1.75. The van der Waals surface area contributed by atoms with Gasteiger partial charge < -0.3 is 10.3 Å². The van der Waals surface area contributed by atoms with Gasteiger partial charge >= 0.3 is 0 Å². The third-order valence-electron chi connectivity index (χ3n) is 4.75. The van der Waals surface area contributed by atoms with Crippen molar-refractivity contribution in [3.63, 3.8) is 0 Å². The zero-order valence-corrected chi connectivity index (χ0v) is 15.6. The number of aryl methyl sites for hydroxylation is 1. The topological polar surface area (TPSA) is 72.5 Å². The number of anilines is 2. The summed E-state index contributed by atoms with van der Waals surface area (Å²) < 4.78 is 28.1. The van der Waals surface area contributed by atoms with Gasteiger partial charge in [0, 0.05) is 12.5 Å². The Hall–Kier alpha value is -2.83. The summed E-state index contributed by atoms with van der Waals surface area (Å²) in [5.74, 6) is -0.0125. The monoisotopic (exact) mass is 379 g/mol. The standard InChI is InChI=1S/C21H19N2O3S/c1-15-9-11-19(12-10-15)27(25,26)22-20-8-4-7-17-13-16-5-2-3-6-18(16)14-23(24)21(17)20/h2-13,18,22H,14H2,1H3/q-1. The molecule has 0 radical (unpaired) electrons. The molecule has 0 aromatic heterocycles. The van der Waals surface area contributed by atoms with Gasteiger partial charge in [-0.15, -0.1) is 0 Å². The number of rotatable bonds is 3. The Kier molecular flexibility index (Phi) is 4.37. The highest BCUT2D eigenvalue weighted by molar-refractivity contribution is 7.92. The van der Waals surface area contributed by atoms with E-state index in [1.54, 1.807) is 36.4 Å². The van der Waals surface area contributed by atoms with Crippen LogP contribution < -0.4 is 9.79 Å². The van der Waals surface area contributed by atoms with E-state index in [1.165, 1.54) is 0 Å². The predicted molar refractivity (Wildman–Crippen MR) is 109 cm³/mol. The average Bonchev–Trinajstić information content (AvgIpc) is 2.78. The molecule has 6 heteroatoms. The van der Waals surface area contributed by atoms with Crippen LogP contribution >= 0.6 is 0 Å². The number of benzene rings is 2. The van der Waals surface area contributed by atoms with E-state index in [0.717, 1.165) is 16.2 Å². The van der Waals surface area contributed by atoms with Crippen molar-refractivity contribution in [2.75, 3.05) is 16.3 Å². The molecule has 0 fully saturated rings. The smallest absolute Gasteiger partial charge is 0.261 e. The molecule has 2 aromatic rings. The molecule has 1 aliphatic carbocycles. The maximum Gasteiger partial charge on any atom is 0.261 e. The number of sulfonamides is 1. The summed E-state index contributed by atoms with van der Waals surface area (Å²) >= 11 is 0. The SMILES string of the molecule is Cc1ccc(S(=O)(=O)Nc2cccc3c2N([O-])CC2C=CC=CC2=C3)cc1. The van der Waals surface area contributed by atoms with Crippen molar-refractivity contribution < 1.29 is 8.42 Å². The third kappa shape index (κ3) is 3.41. The van der Waals surface area contributed by atoms with Crippen LogP contribution in [0.3, 0.4) is 0 Å². The fourth-order valence-corrected chi connectivity index (χ4v) is 4.40. The van der Waals surface area contributed by atoms with Crippen LogP contribution in [0.25, 0.3) is 6.08 Å². The first kappa shape index (κ1) is 17.6. The molecule has 1 atom stereocenters. The lowest BCUT2D eigenvalue weighted by molar-refractivity contribution is 0.601. The lowest BCUT2D eigenvalue weighted by Crippen LogP contribution is -2.24. The molecule has 1 N–H and O–H groups in total. The summed E-state index contributed by atoms with van der Waals surface area (Å²) in [6.45, 7) is 2.13. The first-order valence-electron chi connectivity index (χ1n) is 8.68. The zero-order chi connectivity index (χ0) is 19.0. The van der Waals surface area contributed by atoms with Crippen molar-refractivity contribution in [2.45, 2.75) is 11.8 Å². The molecule has 0 saturated carbocycles. The molecule has 1 heterocycles. The lowest BCUT2D eigenvalue weighted by Gasteiger charge is -2.35. The second kappa shape index (κ2) is 6.72. The number of nitrogens with one attached hydrogen (secondary N) is 1. The van der Waals surface area contributed by atoms with Crippen molar-refractivity contribution in [1.29, 1.82) is 0 Å². The average molecular weight is 379 g/mol. The summed E-state index contributed by atoms with van der Waals surface area (Å²) in [4.78, 5) is 0.162. The van der Waals surface area contributed by atoms with Crippen molar-refractivity contribution in [3.8, 4) is 0 Å². The van der Waals surface area contributed by atoms with Crippen molar-refractivity contribution >= 4 is 27.5 Å². The summed E-state index contributed by atoms with van der Waals surface area (Å²) in [5, 5.41) is 13.7. The fourth-order valence-electron chi connectivity index (χ4n) is 3.33. The van der Waals surface area contributed by atoms with Gasteiger partial charge in [-0.05, 0) is 42.3 Å². The van der Waals surface area contributed by atoms with Crippen LogP contribution in [0.5, 0.6) is 0 Å². The molecule has 5 nitrogen and oxygen atoms in total. The van der Waals surface area contributed by atoms with E-state index in [1.807, 2.05) is 43.4 Å². The second-order valence-corrected chi connectivity index (χ2v) is 8.40. The zero-order valence-electron chi connectivity index (χ0n) is 14.8. The first-order valence-corrected chi connectivity index (χ1v) is 10.2. The quantitative estimate of drug-likeness (QED) is 0.866. The van der Waals surface area contributed by atoms with E-state index in [9.17, 15) is 13.6 Å². The van der Waals surface area contributed by atoms with Crippen molar-refractivity contribution in [2.24, 2.45) is 5.92 Å². The molecule has 27 heavy (non-hydrogen) atoms. The molecule has 0 spiro atoms. The van der Waals surface area contributed by atoms with E-state index in [4.69, 9.17) is 0 Å².